The van der Waals surface area contributed by atoms with Crippen molar-refractivity contribution >= 4 is 11.8 Å². The van der Waals surface area contributed by atoms with Crippen LogP contribution in [0.5, 0.6) is 5.75 Å². The first kappa shape index (κ1) is 20.5. The lowest BCUT2D eigenvalue weighted by molar-refractivity contribution is -0.123. The summed E-state index contributed by atoms with van der Waals surface area (Å²) < 4.78 is 5.57. The molecule has 0 saturated carbocycles. The lowest BCUT2D eigenvalue weighted by atomic mass is 10.0. The molecule has 5 heteroatoms. The van der Waals surface area contributed by atoms with Crippen LogP contribution in [0.1, 0.15) is 48.2 Å². The Morgan fingerprint density at radius 3 is 2.30 bits per heavy atom. The van der Waals surface area contributed by atoms with Crippen molar-refractivity contribution in [3.8, 4) is 5.75 Å². The van der Waals surface area contributed by atoms with Crippen molar-refractivity contribution in [1.82, 2.24) is 10.6 Å². The third kappa shape index (κ3) is 6.44. The van der Waals surface area contributed by atoms with Crippen LogP contribution in [-0.2, 0) is 11.2 Å². The normalized spacial score (nSPS) is 10.5. The molecule has 0 spiro atoms. The summed E-state index contributed by atoms with van der Waals surface area (Å²) in [6.45, 7) is 6.95. The minimum Gasteiger partial charge on any atom is -0.483 e. The Kier molecular flexibility index (Phi) is 7.86. The zero-order valence-corrected chi connectivity index (χ0v) is 16.2. The highest BCUT2D eigenvalue weighted by molar-refractivity contribution is 5.94. The second-order valence-electron chi connectivity index (χ2n) is 6.63. The smallest absolute Gasteiger partial charge is 0.258 e. The van der Waals surface area contributed by atoms with Crippen LogP contribution in [0, 0.1) is 0 Å². The van der Waals surface area contributed by atoms with Crippen LogP contribution in [0.25, 0.3) is 0 Å². The first-order valence-corrected chi connectivity index (χ1v) is 9.36. The number of ether oxygens (including phenoxy) is 1. The Hall–Kier alpha value is -2.82. The third-order valence-corrected chi connectivity index (χ3v) is 4.28. The topological polar surface area (TPSA) is 67.4 Å². The Labute approximate surface area is 161 Å². The van der Waals surface area contributed by atoms with E-state index in [1.165, 1.54) is 5.56 Å². The molecule has 2 aromatic rings. The van der Waals surface area contributed by atoms with Crippen LogP contribution in [0.2, 0.25) is 0 Å². The van der Waals surface area contributed by atoms with Crippen molar-refractivity contribution in [2.75, 3.05) is 19.7 Å². The molecule has 0 saturated heterocycles. The monoisotopic (exact) mass is 368 g/mol. The van der Waals surface area contributed by atoms with Crippen LogP contribution in [-0.4, -0.2) is 31.5 Å². The van der Waals surface area contributed by atoms with Gasteiger partial charge in [0.15, 0.2) is 6.61 Å². The van der Waals surface area contributed by atoms with E-state index in [-0.39, 0.29) is 18.4 Å². The maximum atomic E-state index is 12.1. The van der Waals surface area contributed by atoms with E-state index in [1.807, 2.05) is 55.5 Å². The van der Waals surface area contributed by atoms with Gasteiger partial charge in [0.25, 0.3) is 11.8 Å². The summed E-state index contributed by atoms with van der Waals surface area (Å²) in [5.74, 6) is 0.807. The number of hydrogen-bond donors (Lipinski definition) is 2. The van der Waals surface area contributed by atoms with Crippen LogP contribution in [0.15, 0.2) is 48.5 Å². The van der Waals surface area contributed by atoms with Gasteiger partial charge in [-0.05, 0) is 41.7 Å². The fourth-order valence-electron chi connectivity index (χ4n) is 2.63. The van der Waals surface area contributed by atoms with Crippen LogP contribution in [0.4, 0.5) is 0 Å². The lowest BCUT2D eigenvalue weighted by Gasteiger charge is -2.11. The van der Waals surface area contributed by atoms with Gasteiger partial charge in [-0.1, -0.05) is 51.1 Å². The molecule has 0 aromatic heterocycles. The van der Waals surface area contributed by atoms with E-state index in [2.05, 4.69) is 24.5 Å². The van der Waals surface area contributed by atoms with Crippen molar-refractivity contribution in [2.24, 2.45) is 0 Å². The standard InChI is InChI=1S/C22H28N2O3/c1-4-17-7-5-6-8-20(17)27-15-21(25)23-13-14-24-22(26)19-11-9-18(10-12-19)16(2)3/h5-12,16H,4,13-15H2,1-3H3,(H,23,25)(H,24,26). The van der Waals surface area contributed by atoms with E-state index < -0.39 is 0 Å². The quantitative estimate of drug-likeness (QED) is 0.668. The van der Waals surface area contributed by atoms with Gasteiger partial charge in [-0.2, -0.15) is 0 Å². The van der Waals surface area contributed by atoms with E-state index in [0.29, 0.717) is 24.6 Å². The van der Waals surface area contributed by atoms with Gasteiger partial charge in [-0.25, -0.2) is 0 Å². The highest BCUT2D eigenvalue weighted by atomic mass is 16.5. The van der Waals surface area contributed by atoms with Gasteiger partial charge in [-0.3, -0.25) is 9.59 Å². The first-order valence-electron chi connectivity index (χ1n) is 9.36. The van der Waals surface area contributed by atoms with E-state index in [4.69, 9.17) is 4.74 Å². The summed E-state index contributed by atoms with van der Waals surface area (Å²) in [4.78, 5) is 24.0. The maximum Gasteiger partial charge on any atom is 0.258 e. The lowest BCUT2D eigenvalue weighted by Crippen LogP contribution is -2.36. The Balaban J connectivity index is 1.68. The van der Waals surface area contributed by atoms with Crippen molar-refractivity contribution in [2.45, 2.75) is 33.1 Å². The number of amides is 2. The molecular formula is C22H28N2O3. The summed E-state index contributed by atoms with van der Waals surface area (Å²) in [6, 6.07) is 15.2. The molecule has 5 nitrogen and oxygen atoms in total. The largest absolute Gasteiger partial charge is 0.483 e. The van der Waals surface area contributed by atoms with Crippen molar-refractivity contribution in [3.05, 3.63) is 65.2 Å². The summed E-state index contributed by atoms with van der Waals surface area (Å²) in [5.41, 5.74) is 2.88. The van der Waals surface area contributed by atoms with E-state index >= 15 is 0 Å². The van der Waals surface area contributed by atoms with Gasteiger partial charge in [0.2, 0.25) is 0 Å². The molecule has 2 rings (SSSR count). The second-order valence-corrected chi connectivity index (χ2v) is 6.63. The molecular weight excluding hydrogens is 340 g/mol. The van der Waals surface area contributed by atoms with Crippen LogP contribution < -0.4 is 15.4 Å². The number of para-hydroxylation sites is 1. The number of aryl methyl sites for hydroxylation is 1. The molecule has 0 atom stereocenters. The van der Waals surface area contributed by atoms with Gasteiger partial charge >= 0.3 is 0 Å². The molecule has 0 bridgehead atoms. The number of carbonyl (C=O) groups is 2. The summed E-state index contributed by atoms with van der Waals surface area (Å²) in [5, 5.41) is 5.54. The molecule has 27 heavy (non-hydrogen) atoms. The minimum absolute atomic E-state index is 0.0401. The van der Waals surface area contributed by atoms with Crippen molar-refractivity contribution < 1.29 is 14.3 Å². The third-order valence-electron chi connectivity index (χ3n) is 4.28. The highest BCUT2D eigenvalue weighted by Gasteiger charge is 2.08. The SMILES string of the molecule is CCc1ccccc1OCC(=O)NCCNC(=O)c1ccc(C(C)C)cc1. The highest BCUT2D eigenvalue weighted by Crippen LogP contribution is 2.18. The Morgan fingerprint density at radius 1 is 0.963 bits per heavy atom. The van der Waals surface area contributed by atoms with Crippen LogP contribution >= 0.6 is 0 Å². The second kappa shape index (κ2) is 10.4. The fraction of sp³-hybridized carbons (Fsp3) is 0.364. The molecule has 0 radical (unpaired) electrons. The molecule has 0 aliphatic carbocycles. The molecule has 144 valence electrons. The molecule has 0 fully saturated rings. The predicted octanol–water partition coefficient (Wildman–Crippen LogP) is 3.30. The average molecular weight is 368 g/mol. The molecule has 0 unspecified atom stereocenters. The van der Waals surface area contributed by atoms with E-state index in [1.54, 1.807) is 0 Å². The number of hydrogen-bond acceptors (Lipinski definition) is 3. The number of nitrogens with one attached hydrogen (secondary N) is 2. The molecule has 2 aromatic carbocycles. The van der Waals surface area contributed by atoms with E-state index in [0.717, 1.165) is 17.7 Å². The van der Waals surface area contributed by atoms with E-state index in [9.17, 15) is 9.59 Å². The summed E-state index contributed by atoms with van der Waals surface area (Å²) in [6.07, 6.45) is 0.849. The Morgan fingerprint density at radius 2 is 1.63 bits per heavy atom. The zero-order chi connectivity index (χ0) is 19.6. The molecule has 0 heterocycles. The summed E-state index contributed by atoms with van der Waals surface area (Å²) in [7, 11) is 0. The molecule has 2 N–H and O–H groups in total. The van der Waals surface area contributed by atoms with Crippen LogP contribution in [0.3, 0.4) is 0 Å². The number of benzene rings is 2. The minimum atomic E-state index is -0.212. The number of carbonyl (C=O) groups excluding carboxylic acids is 2. The van der Waals surface area contributed by atoms with Gasteiger partial charge in [0, 0.05) is 18.7 Å². The average Bonchev–Trinajstić information content (AvgIpc) is 2.69. The maximum absolute atomic E-state index is 12.1. The first-order chi connectivity index (χ1) is 13.0. The predicted molar refractivity (Wildman–Crippen MR) is 107 cm³/mol. The molecule has 2 amide bonds. The Bertz CT molecular complexity index is 754. The fourth-order valence-corrected chi connectivity index (χ4v) is 2.63. The van der Waals surface area contributed by atoms with Gasteiger partial charge in [0.1, 0.15) is 5.75 Å². The van der Waals surface area contributed by atoms with Gasteiger partial charge < -0.3 is 15.4 Å². The summed E-state index contributed by atoms with van der Waals surface area (Å²) >= 11 is 0. The van der Waals surface area contributed by atoms with Gasteiger partial charge in [-0.15, -0.1) is 0 Å². The molecule has 0 aliphatic rings. The number of rotatable bonds is 9. The van der Waals surface area contributed by atoms with Crippen molar-refractivity contribution in [1.29, 1.82) is 0 Å². The molecule has 0 aliphatic heterocycles. The zero-order valence-electron chi connectivity index (χ0n) is 16.2. The van der Waals surface area contributed by atoms with Crippen molar-refractivity contribution in [3.63, 3.8) is 0 Å². The van der Waals surface area contributed by atoms with Gasteiger partial charge in [0.05, 0.1) is 0 Å².